The van der Waals surface area contributed by atoms with Crippen LogP contribution >= 0.6 is 11.6 Å². The molecule has 0 spiro atoms. The molecule has 0 amide bonds. The molecule has 0 fully saturated rings. The highest BCUT2D eigenvalue weighted by atomic mass is 35.5. The fourth-order valence-corrected chi connectivity index (χ4v) is 1.30. The third-order valence-corrected chi connectivity index (χ3v) is 2.95. The molecule has 0 heterocycles. The predicted octanol–water partition coefficient (Wildman–Crippen LogP) is 3.07. The van der Waals surface area contributed by atoms with Gasteiger partial charge in [0.25, 0.3) is 0 Å². The SMILES string of the molecule is CCC(C)(CCl)CCCOC. The number of methoxy groups -OCH3 is 1. The van der Waals surface area contributed by atoms with Crippen LogP contribution in [0.15, 0.2) is 0 Å². The van der Waals surface area contributed by atoms with E-state index in [2.05, 4.69) is 13.8 Å². The van der Waals surface area contributed by atoms with Gasteiger partial charge >= 0.3 is 0 Å². The summed E-state index contributed by atoms with van der Waals surface area (Å²) in [6.45, 7) is 5.28. The lowest BCUT2D eigenvalue weighted by atomic mass is 9.85. The molecule has 0 saturated heterocycles. The zero-order valence-electron chi connectivity index (χ0n) is 7.82. The second-order valence-electron chi connectivity index (χ2n) is 3.39. The Labute approximate surface area is 75.1 Å². The van der Waals surface area contributed by atoms with Gasteiger partial charge in [-0.2, -0.15) is 0 Å². The standard InChI is InChI=1S/C9H19ClO/c1-4-9(2,8-10)6-5-7-11-3/h4-8H2,1-3H3. The monoisotopic (exact) mass is 178 g/mol. The molecule has 68 valence electrons. The second kappa shape index (κ2) is 5.84. The van der Waals surface area contributed by atoms with Crippen LogP contribution in [0.5, 0.6) is 0 Å². The molecule has 0 radical (unpaired) electrons. The van der Waals surface area contributed by atoms with Gasteiger partial charge in [0.1, 0.15) is 0 Å². The first kappa shape index (κ1) is 11.2. The van der Waals surface area contributed by atoms with Crippen LogP contribution in [-0.2, 0) is 4.74 Å². The molecular weight excluding hydrogens is 160 g/mol. The third kappa shape index (κ3) is 4.65. The van der Waals surface area contributed by atoms with Crippen molar-refractivity contribution in [3.8, 4) is 0 Å². The highest BCUT2D eigenvalue weighted by molar-refractivity contribution is 6.18. The number of hydrogen-bond acceptors (Lipinski definition) is 1. The van der Waals surface area contributed by atoms with E-state index in [9.17, 15) is 0 Å². The van der Waals surface area contributed by atoms with Gasteiger partial charge in [-0.15, -0.1) is 11.6 Å². The number of ether oxygens (including phenoxy) is 1. The smallest absolute Gasteiger partial charge is 0.0462 e. The Morgan fingerprint density at radius 2 is 2.09 bits per heavy atom. The molecule has 0 aromatic carbocycles. The largest absolute Gasteiger partial charge is 0.385 e. The van der Waals surface area contributed by atoms with Crippen molar-refractivity contribution in [2.45, 2.75) is 33.1 Å². The highest BCUT2D eigenvalue weighted by Gasteiger charge is 2.19. The van der Waals surface area contributed by atoms with E-state index in [4.69, 9.17) is 16.3 Å². The van der Waals surface area contributed by atoms with Crippen LogP contribution in [-0.4, -0.2) is 19.6 Å². The average Bonchev–Trinajstić information content (AvgIpc) is 2.05. The molecule has 11 heavy (non-hydrogen) atoms. The summed E-state index contributed by atoms with van der Waals surface area (Å²) in [6.07, 6.45) is 3.44. The van der Waals surface area contributed by atoms with Crippen molar-refractivity contribution in [2.24, 2.45) is 5.41 Å². The molecule has 1 atom stereocenters. The van der Waals surface area contributed by atoms with Crippen LogP contribution in [0, 0.1) is 5.41 Å². The van der Waals surface area contributed by atoms with E-state index in [1.807, 2.05) is 0 Å². The van der Waals surface area contributed by atoms with Gasteiger partial charge < -0.3 is 4.74 Å². The third-order valence-electron chi connectivity index (χ3n) is 2.30. The first-order valence-corrected chi connectivity index (χ1v) is 4.77. The number of alkyl halides is 1. The Kier molecular flexibility index (Phi) is 5.98. The van der Waals surface area contributed by atoms with Crippen LogP contribution < -0.4 is 0 Å². The molecule has 0 aliphatic heterocycles. The van der Waals surface area contributed by atoms with Crippen molar-refractivity contribution in [3.63, 3.8) is 0 Å². The fraction of sp³-hybridized carbons (Fsp3) is 1.00. The Balaban J connectivity index is 3.51. The second-order valence-corrected chi connectivity index (χ2v) is 3.66. The number of rotatable bonds is 6. The van der Waals surface area contributed by atoms with Gasteiger partial charge in [-0.05, 0) is 24.7 Å². The van der Waals surface area contributed by atoms with Gasteiger partial charge in [-0.3, -0.25) is 0 Å². The predicted molar refractivity (Wildman–Crippen MR) is 50.2 cm³/mol. The maximum Gasteiger partial charge on any atom is 0.0462 e. The van der Waals surface area contributed by atoms with Crippen LogP contribution in [0.1, 0.15) is 33.1 Å². The van der Waals surface area contributed by atoms with Crippen LogP contribution in [0.4, 0.5) is 0 Å². The first-order valence-electron chi connectivity index (χ1n) is 4.23. The summed E-state index contributed by atoms with van der Waals surface area (Å²) >= 11 is 5.85. The molecular formula is C9H19ClO. The normalized spacial score (nSPS) is 16.4. The van der Waals surface area contributed by atoms with E-state index in [0.29, 0.717) is 5.41 Å². The van der Waals surface area contributed by atoms with Gasteiger partial charge in [0.05, 0.1) is 0 Å². The maximum atomic E-state index is 5.85. The lowest BCUT2D eigenvalue weighted by molar-refractivity contribution is 0.175. The van der Waals surface area contributed by atoms with Crippen molar-refractivity contribution < 1.29 is 4.74 Å². The Morgan fingerprint density at radius 3 is 2.45 bits per heavy atom. The molecule has 0 saturated carbocycles. The Hall–Kier alpha value is 0.250. The molecule has 0 aromatic heterocycles. The van der Waals surface area contributed by atoms with Crippen molar-refractivity contribution in [1.82, 2.24) is 0 Å². The van der Waals surface area contributed by atoms with Gasteiger partial charge in [0.2, 0.25) is 0 Å². The minimum Gasteiger partial charge on any atom is -0.385 e. The van der Waals surface area contributed by atoms with E-state index < -0.39 is 0 Å². The first-order chi connectivity index (χ1) is 5.18. The average molecular weight is 179 g/mol. The molecule has 1 unspecified atom stereocenters. The van der Waals surface area contributed by atoms with Crippen LogP contribution in [0.2, 0.25) is 0 Å². The van der Waals surface area contributed by atoms with E-state index in [-0.39, 0.29) is 0 Å². The van der Waals surface area contributed by atoms with E-state index in [0.717, 1.165) is 25.3 Å². The summed E-state index contributed by atoms with van der Waals surface area (Å²) in [7, 11) is 1.74. The number of hydrogen-bond donors (Lipinski definition) is 0. The minimum atomic E-state index is 0.320. The van der Waals surface area contributed by atoms with Gasteiger partial charge in [-0.1, -0.05) is 13.8 Å². The van der Waals surface area contributed by atoms with E-state index in [1.54, 1.807) is 7.11 Å². The molecule has 0 aliphatic carbocycles. The van der Waals surface area contributed by atoms with Crippen molar-refractivity contribution in [2.75, 3.05) is 19.6 Å². The molecule has 0 aromatic rings. The van der Waals surface area contributed by atoms with E-state index >= 15 is 0 Å². The molecule has 1 nitrogen and oxygen atoms in total. The lowest BCUT2D eigenvalue weighted by Crippen LogP contribution is -2.17. The van der Waals surface area contributed by atoms with Crippen molar-refractivity contribution in [1.29, 1.82) is 0 Å². The fourth-order valence-electron chi connectivity index (χ4n) is 0.981. The van der Waals surface area contributed by atoms with Gasteiger partial charge in [0.15, 0.2) is 0 Å². The van der Waals surface area contributed by atoms with Crippen molar-refractivity contribution in [3.05, 3.63) is 0 Å². The summed E-state index contributed by atoms with van der Waals surface area (Å²) in [5.41, 5.74) is 0.320. The van der Waals surface area contributed by atoms with Gasteiger partial charge in [-0.25, -0.2) is 0 Å². The van der Waals surface area contributed by atoms with Crippen LogP contribution in [0.25, 0.3) is 0 Å². The zero-order chi connectivity index (χ0) is 8.74. The Morgan fingerprint density at radius 1 is 1.45 bits per heavy atom. The summed E-state index contributed by atoms with van der Waals surface area (Å²) in [5.74, 6) is 0.757. The summed E-state index contributed by atoms with van der Waals surface area (Å²) in [6, 6.07) is 0. The summed E-state index contributed by atoms with van der Waals surface area (Å²) in [5, 5.41) is 0. The number of halogens is 1. The lowest BCUT2D eigenvalue weighted by Gasteiger charge is -2.24. The molecule has 0 N–H and O–H groups in total. The summed E-state index contributed by atoms with van der Waals surface area (Å²) in [4.78, 5) is 0. The van der Waals surface area contributed by atoms with Crippen molar-refractivity contribution >= 4 is 11.6 Å². The highest BCUT2D eigenvalue weighted by Crippen LogP contribution is 2.28. The zero-order valence-corrected chi connectivity index (χ0v) is 8.58. The molecule has 0 rings (SSSR count). The maximum absolute atomic E-state index is 5.85. The Bertz CT molecular complexity index is 89.6. The molecule has 2 heteroatoms. The molecule has 0 bridgehead atoms. The molecule has 0 aliphatic rings. The van der Waals surface area contributed by atoms with E-state index in [1.165, 1.54) is 6.42 Å². The van der Waals surface area contributed by atoms with Gasteiger partial charge in [0, 0.05) is 19.6 Å². The minimum absolute atomic E-state index is 0.320. The van der Waals surface area contributed by atoms with Crippen LogP contribution in [0.3, 0.4) is 0 Å². The topological polar surface area (TPSA) is 9.23 Å². The summed E-state index contributed by atoms with van der Waals surface area (Å²) < 4.78 is 4.98. The quantitative estimate of drug-likeness (QED) is 0.449.